The van der Waals surface area contributed by atoms with E-state index in [1.54, 1.807) is 23.1 Å². The second-order valence-corrected chi connectivity index (χ2v) is 10.3. The minimum atomic E-state index is -3.59. The summed E-state index contributed by atoms with van der Waals surface area (Å²) >= 11 is 0. The van der Waals surface area contributed by atoms with Gasteiger partial charge in [-0.2, -0.15) is 4.31 Å². The fourth-order valence-corrected chi connectivity index (χ4v) is 5.12. The molecule has 7 nitrogen and oxygen atoms in total. The average Bonchev–Trinajstić information content (AvgIpc) is 3.29. The van der Waals surface area contributed by atoms with Crippen LogP contribution in [0.3, 0.4) is 0 Å². The molecule has 2 aromatic carbocycles. The van der Waals surface area contributed by atoms with Gasteiger partial charge < -0.3 is 9.42 Å². The lowest BCUT2D eigenvalue weighted by Gasteiger charge is -2.33. The van der Waals surface area contributed by atoms with Crippen LogP contribution in [0.1, 0.15) is 41.4 Å². The maximum atomic E-state index is 13.0. The molecule has 0 spiro atoms. The average molecular weight is 454 g/mol. The van der Waals surface area contributed by atoms with E-state index in [4.69, 9.17) is 4.52 Å². The first-order chi connectivity index (χ1) is 15.3. The number of carbonyl (C=O) groups is 1. The van der Waals surface area contributed by atoms with Crippen LogP contribution in [-0.4, -0.2) is 54.9 Å². The third-order valence-electron chi connectivity index (χ3n) is 5.78. The molecule has 1 aliphatic heterocycles. The lowest BCUT2D eigenvalue weighted by Crippen LogP contribution is -2.50. The standard InChI is InChI=1S/C24H27N3O4S/c1-17(2)19-8-10-21(11-9-19)32(29,30)27-14-12-26(13-15-27)24(28)23-16-22(25-31-23)20-6-4-18(3)5-7-20/h4-11,16-17H,12-15H2,1-3H3. The Hall–Kier alpha value is -2.97. The van der Waals surface area contributed by atoms with Crippen LogP contribution in [0, 0.1) is 6.92 Å². The predicted molar refractivity (Wildman–Crippen MR) is 122 cm³/mol. The van der Waals surface area contributed by atoms with E-state index in [9.17, 15) is 13.2 Å². The molecule has 168 valence electrons. The molecule has 0 N–H and O–H groups in total. The molecule has 1 aliphatic rings. The van der Waals surface area contributed by atoms with Gasteiger partial charge in [-0.15, -0.1) is 0 Å². The molecule has 0 aliphatic carbocycles. The first-order valence-corrected chi connectivity index (χ1v) is 12.1. The molecule has 32 heavy (non-hydrogen) atoms. The number of sulfonamides is 1. The topological polar surface area (TPSA) is 83.7 Å². The van der Waals surface area contributed by atoms with E-state index in [1.165, 1.54) is 4.31 Å². The Labute approximate surface area is 188 Å². The van der Waals surface area contributed by atoms with Gasteiger partial charge in [0.2, 0.25) is 15.8 Å². The van der Waals surface area contributed by atoms with Gasteiger partial charge in [0.05, 0.1) is 4.90 Å². The smallest absolute Gasteiger partial charge is 0.292 e. The Morgan fingerprint density at radius 2 is 1.59 bits per heavy atom. The van der Waals surface area contributed by atoms with Crippen molar-refractivity contribution in [2.45, 2.75) is 31.6 Å². The van der Waals surface area contributed by atoms with Gasteiger partial charge >= 0.3 is 0 Å². The third kappa shape index (κ3) is 4.47. The van der Waals surface area contributed by atoms with Crippen molar-refractivity contribution in [2.24, 2.45) is 0 Å². The second kappa shape index (κ2) is 8.88. The van der Waals surface area contributed by atoms with E-state index in [-0.39, 0.29) is 29.7 Å². The van der Waals surface area contributed by atoms with Crippen LogP contribution < -0.4 is 0 Å². The summed E-state index contributed by atoms with van der Waals surface area (Å²) in [5.41, 5.74) is 3.70. The Balaban J connectivity index is 1.41. The SMILES string of the molecule is Cc1ccc(-c2cc(C(=O)N3CCN(S(=O)(=O)c4ccc(C(C)C)cc4)CC3)on2)cc1. The van der Waals surface area contributed by atoms with Crippen LogP contribution in [0.5, 0.6) is 0 Å². The quantitative estimate of drug-likeness (QED) is 0.585. The summed E-state index contributed by atoms with van der Waals surface area (Å²) in [5.74, 6) is 0.208. The van der Waals surface area contributed by atoms with Gasteiger partial charge in [0.15, 0.2) is 0 Å². The molecule has 1 fully saturated rings. The number of aromatic nitrogens is 1. The first-order valence-electron chi connectivity index (χ1n) is 10.7. The molecule has 1 saturated heterocycles. The molecule has 0 unspecified atom stereocenters. The van der Waals surface area contributed by atoms with E-state index in [1.807, 2.05) is 43.3 Å². The number of aryl methyl sites for hydroxylation is 1. The highest BCUT2D eigenvalue weighted by Gasteiger charge is 2.31. The third-order valence-corrected chi connectivity index (χ3v) is 7.69. The number of carbonyl (C=O) groups excluding carboxylic acids is 1. The Morgan fingerprint density at radius 3 is 2.19 bits per heavy atom. The maximum Gasteiger partial charge on any atom is 0.292 e. The van der Waals surface area contributed by atoms with E-state index in [0.717, 1.165) is 16.7 Å². The summed E-state index contributed by atoms with van der Waals surface area (Å²) in [6.45, 7) is 7.20. The maximum absolute atomic E-state index is 13.0. The van der Waals surface area contributed by atoms with Crippen molar-refractivity contribution in [1.29, 1.82) is 0 Å². The van der Waals surface area contributed by atoms with Crippen molar-refractivity contribution in [1.82, 2.24) is 14.4 Å². The number of benzene rings is 2. The number of hydrogen-bond donors (Lipinski definition) is 0. The van der Waals surface area contributed by atoms with Crippen molar-refractivity contribution in [3.05, 3.63) is 71.5 Å². The van der Waals surface area contributed by atoms with Crippen LogP contribution >= 0.6 is 0 Å². The lowest BCUT2D eigenvalue weighted by molar-refractivity contribution is 0.0656. The molecule has 0 radical (unpaired) electrons. The number of hydrogen-bond acceptors (Lipinski definition) is 5. The minimum Gasteiger partial charge on any atom is -0.350 e. The van der Waals surface area contributed by atoms with Crippen molar-refractivity contribution >= 4 is 15.9 Å². The van der Waals surface area contributed by atoms with Gasteiger partial charge in [-0.25, -0.2) is 8.42 Å². The molecule has 1 amide bonds. The summed E-state index contributed by atoms with van der Waals surface area (Å²) in [4.78, 5) is 14.7. The van der Waals surface area contributed by atoms with Crippen molar-refractivity contribution < 1.29 is 17.7 Å². The van der Waals surface area contributed by atoms with Crippen LogP contribution in [0.4, 0.5) is 0 Å². The van der Waals surface area contributed by atoms with Crippen LogP contribution in [0.15, 0.2) is 64.0 Å². The van der Waals surface area contributed by atoms with E-state index in [0.29, 0.717) is 24.7 Å². The molecule has 3 aromatic rings. The molecule has 8 heteroatoms. The van der Waals surface area contributed by atoms with Crippen molar-refractivity contribution in [3.63, 3.8) is 0 Å². The fourth-order valence-electron chi connectivity index (χ4n) is 3.70. The van der Waals surface area contributed by atoms with Crippen molar-refractivity contribution in [3.8, 4) is 11.3 Å². The molecule has 1 aromatic heterocycles. The highest BCUT2D eigenvalue weighted by Crippen LogP contribution is 2.23. The Bertz CT molecular complexity index is 1190. The number of rotatable bonds is 5. The number of piperazine rings is 1. The minimum absolute atomic E-state index is 0.154. The first kappa shape index (κ1) is 22.2. The zero-order valence-corrected chi connectivity index (χ0v) is 19.3. The lowest BCUT2D eigenvalue weighted by atomic mass is 10.0. The number of nitrogens with zero attached hydrogens (tertiary/aromatic N) is 3. The van der Waals surface area contributed by atoms with Crippen LogP contribution in [-0.2, 0) is 10.0 Å². The highest BCUT2D eigenvalue weighted by molar-refractivity contribution is 7.89. The van der Waals surface area contributed by atoms with Crippen LogP contribution in [0.2, 0.25) is 0 Å². The van der Waals surface area contributed by atoms with E-state index >= 15 is 0 Å². The second-order valence-electron chi connectivity index (χ2n) is 8.36. The predicted octanol–water partition coefficient (Wildman–Crippen LogP) is 3.92. The monoisotopic (exact) mass is 453 g/mol. The fraction of sp³-hybridized carbons (Fsp3) is 0.333. The van der Waals surface area contributed by atoms with Gasteiger partial charge in [-0.3, -0.25) is 4.79 Å². The number of amides is 1. The molecular weight excluding hydrogens is 426 g/mol. The summed E-state index contributed by atoms with van der Waals surface area (Å²) < 4.78 is 32.7. The van der Waals surface area contributed by atoms with Gasteiger partial charge in [-0.1, -0.05) is 61.0 Å². The van der Waals surface area contributed by atoms with Gasteiger partial charge in [0.25, 0.3) is 5.91 Å². The van der Waals surface area contributed by atoms with E-state index in [2.05, 4.69) is 19.0 Å². The molecular formula is C24H27N3O4S. The largest absolute Gasteiger partial charge is 0.350 e. The Morgan fingerprint density at radius 1 is 0.969 bits per heavy atom. The zero-order valence-electron chi connectivity index (χ0n) is 18.5. The van der Waals surface area contributed by atoms with Gasteiger partial charge in [-0.05, 0) is 30.5 Å². The Kier molecular flexibility index (Phi) is 6.17. The molecule has 2 heterocycles. The van der Waals surface area contributed by atoms with Gasteiger partial charge in [0, 0.05) is 37.8 Å². The van der Waals surface area contributed by atoms with Gasteiger partial charge in [0.1, 0.15) is 5.69 Å². The zero-order chi connectivity index (χ0) is 22.9. The summed E-state index contributed by atoms with van der Waals surface area (Å²) in [5, 5.41) is 4.02. The molecule has 0 saturated carbocycles. The highest BCUT2D eigenvalue weighted by atomic mass is 32.2. The summed E-state index contributed by atoms with van der Waals surface area (Å²) in [6, 6.07) is 16.5. The molecule has 0 atom stereocenters. The summed E-state index contributed by atoms with van der Waals surface area (Å²) in [6.07, 6.45) is 0. The van der Waals surface area contributed by atoms with Crippen molar-refractivity contribution in [2.75, 3.05) is 26.2 Å². The summed E-state index contributed by atoms with van der Waals surface area (Å²) in [7, 11) is -3.59. The molecule has 4 rings (SSSR count). The normalized spacial score (nSPS) is 15.3. The molecule has 0 bridgehead atoms. The van der Waals surface area contributed by atoms with E-state index < -0.39 is 10.0 Å². The van der Waals surface area contributed by atoms with Crippen LogP contribution in [0.25, 0.3) is 11.3 Å².